The third-order valence-corrected chi connectivity index (χ3v) is 1.92. The third-order valence-electron chi connectivity index (χ3n) is 1.75. The summed E-state index contributed by atoms with van der Waals surface area (Å²) >= 11 is 5.56. The maximum atomic E-state index is 11.6. The summed E-state index contributed by atoms with van der Waals surface area (Å²) in [6.45, 7) is 3.14. The van der Waals surface area contributed by atoms with E-state index >= 15 is 0 Å². The number of alkyl halides is 1. The summed E-state index contributed by atoms with van der Waals surface area (Å²) in [6, 6.07) is 1.65. The molecular weight excluding hydrogens is 190 g/mol. The van der Waals surface area contributed by atoms with Crippen LogP contribution >= 0.6 is 11.6 Å². The highest BCUT2D eigenvalue weighted by atomic mass is 35.5. The van der Waals surface area contributed by atoms with Crippen LogP contribution in [0.5, 0.6) is 0 Å². The number of aromatic amines is 1. The van der Waals surface area contributed by atoms with Gasteiger partial charge >= 0.3 is 0 Å². The van der Waals surface area contributed by atoms with Gasteiger partial charge in [0.15, 0.2) is 0 Å². The van der Waals surface area contributed by atoms with E-state index < -0.39 is 0 Å². The van der Waals surface area contributed by atoms with E-state index in [2.05, 4.69) is 10.2 Å². The molecule has 0 atom stereocenters. The second-order valence-electron chi connectivity index (χ2n) is 2.54. The van der Waals surface area contributed by atoms with Gasteiger partial charge in [-0.15, -0.1) is 11.6 Å². The third kappa shape index (κ3) is 2.45. The van der Waals surface area contributed by atoms with Crippen LogP contribution in [0.4, 0.5) is 0 Å². The first-order valence-corrected chi connectivity index (χ1v) is 4.67. The largest absolute Gasteiger partial charge is 0.336 e. The molecule has 0 aliphatic heterocycles. The van der Waals surface area contributed by atoms with Gasteiger partial charge in [0, 0.05) is 25.2 Å². The molecule has 0 aromatic carbocycles. The molecular formula is C8H12ClN3O. The average molecular weight is 202 g/mol. The summed E-state index contributed by atoms with van der Waals surface area (Å²) in [6.07, 6.45) is 1.56. The average Bonchev–Trinajstić information content (AvgIpc) is 2.65. The van der Waals surface area contributed by atoms with Crippen molar-refractivity contribution in [2.24, 2.45) is 0 Å². The lowest BCUT2D eigenvalue weighted by Gasteiger charge is -2.18. The minimum Gasteiger partial charge on any atom is -0.336 e. The lowest BCUT2D eigenvalue weighted by molar-refractivity contribution is 0.0768. The monoisotopic (exact) mass is 201 g/mol. The summed E-state index contributed by atoms with van der Waals surface area (Å²) < 4.78 is 0. The molecule has 0 bridgehead atoms. The molecule has 0 unspecified atom stereocenters. The summed E-state index contributed by atoms with van der Waals surface area (Å²) in [5, 5.41) is 6.34. The first-order valence-electron chi connectivity index (χ1n) is 4.14. The Balaban J connectivity index is 2.65. The maximum absolute atomic E-state index is 11.6. The normalized spacial score (nSPS) is 10.0. The topological polar surface area (TPSA) is 49.0 Å². The summed E-state index contributed by atoms with van der Waals surface area (Å²) in [5.74, 6) is 0.397. The molecule has 0 aliphatic carbocycles. The van der Waals surface area contributed by atoms with Crippen LogP contribution in [0.1, 0.15) is 17.4 Å². The van der Waals surface area contributed by atoms with Crippen LogP contribution in [0.25, 0.3) is 0 Å². The zero-order valence-corrected chi connectivity index (χ0v) is 8.21. The summed E-state index contributed by atoms with van der Waals surface area (Å²) in [4.78, 5) is 13.3. The molecule has 1 amide bonds. The Bertz CT molecular complexity index is 260. The summed E-state index contributed by atoms with van der Waals surface area (Å²) in [5.41, 5.74) is 0.506. The molecule has 1 aromatic rings. The lowest BCUT2D eigenvalue weighted by Crippen LogP contribution is -2.32. The molecule has 0 saturated heterocycles. The standard InChI is InChI=1S/C8H12ClN3O/c1-2-12(6-4-9)8(13)7-3-5-10-11-7/h3,5H,2,4,6H2,1H3,(H,10,11). The first-order chi connectivity index (χ1) is 6.29. The smallest absolute Gasteiger partial charge is 0.271 e. The van der Waals surface area contributed by atoms with Crippen molar-refractivity contribution in [1.82, 2.24) is 15.1 Å². The molecule has 72 valence electrons. The molecule has 0 spiro atoms. The van der Waals surface area contributed by atoms with Gasteiger partial charge in [-0.05, 0) is 13.0 Å². The fourth-order valence-corrected chi connectivity index (χ4v) is 1.25. The molecule has 1 N–H and O–H groups in total. The van der Waals surface area contributed by atoms with Crippen LogP contribution in [0.3, 0.4) is 0 Å². The Hall–Kier alpha value is -1.03. The van der Waals surface area contributed by atoms with Gasteiger partial charge < -0.3 is 4.90 Å². The van der Waals surface area contributed by atoms with Crippen LogP contribution in [0.2, 0.25) is 0 Å². The molecule has 0 aliphatic rings. The van der Waals surface area contributed by atoms with Crippen LogP contribution in [0, 0.1) is 0 Å². The van der Waals surface area contributed by atoms with E-state index in [9.17, 15) is 4.79 Å². The molecule has 4 nitrogen and oxygen atoms in total. The number of H-pyrrole nitrogens is 1. The van der Waals surface area contributed by atoms with Gasteiger partial charge in [0.1, 0.15) is 5.69 Å². The number of rotatable bonds is 4. The quantitative estimate of drug-likeness (QED) is 0.742. The Morgan fingerprint density at radius 3 is 3.00 bits per heavy atom. The summed E-state index contributed by atoms with van der Waals surface area (Å²) in [7, 11) is 0. The van der Waals surface area contributed by atoms with Gasteiger partial charge in [0.05, 0.1) is 0 Å². The molecule has 0 saturated carbocycles. The number of amides is 1. The van der Waals surface area contributed by atoms with Crippen LogP contribution in [-0.4, -0.2) is 40.0 Å². The number of hydrogen-bond donors (Lipinski definition) is 1. The predicted molar refractivity (Wildman–Crippen MR) is 50.9 cm³/mol. The van der Waals surface area contributed by atoms with Gasteiger partial charge in [-0.25, -0.2) is 0 Å². The van der Waals surface area contributed by atoms with Gasteiger partial charge in [-0.3, -0.25) is 9.89 Å². The van der Waals surface area contributed by atoms with Crippen molar-refractivity contribution in [1.29, 1.82) is 0 Å². The fraction of sp³-hybridized carbons (Fsp3) is 0.500. The van der Waals surface area contributed by atoms with Crippen molar-refractivity contribution in [2.75, 3.05) is 19.0 Å². The lowest BCUT2D eigenvalue weighted by atomic mass is 10.3. The minimum absolute atomic E-state index is 0.0550. The number of aromatic nitrogens is 2. The van der Waals surface area contributed by atoms with E-state index in [1.54, 1.807) is 17.2 Å². The van der Waals surface area contributed by atoms with E-state index in [0.717, 1.165) is 0 Å². The zero-order valence-electron chi connectivity index (χ0n) is 7.46. The van der Waals surface area contributed by atoms with Gasteiger partial charge in [0.25, 0.3) is 5.91 Å². The Labute approximate surface area is 81.9 Å². The second-order valence-corrected chi connectivity index (χ2v) is 2.92. The number of halogens is 1. The van der Waals surface area contributed by atoms with E-state index in [1.807, 2.05) is 6.92 Å². The van der Waals surface area contributed by atoms with E-state index in [1.165, 1.54) is 0 Å². The first kappa shape index (κ1) is 10.1. The van der Waals surface area contributed by atoms with Crippen molar-refractivity contribution in [3.63, 3.8) is 0 Å². The minimum atomic E-state index is -0.0550. The van der Waals surface area contributed by atoms with Gasteiger partial charge in [-0.2, -0.15) is 5.10 Å². The highest BCUT2D eigenvalue weighted by Crippen LogP contribution is 2.00. The van der Waals surface area contributed by atoms with E-state index in [-0.39, 0.29) is 5.91 Å². The number of carbonyl (C=O) groups excluding carboxylic acids is 1. The van der Waals surface area contributed by atoms with Crippen LogP contribution in [-0.2, 0) is 0 Å². The molecule has 13 heavy (non-hydrogen) atoms. The molecule has 5 heteroatoms. The van der Waals surface area contributed by atoms with Gasteiger partial charge in [-0.1, -0.05) is 0 Å². The van der Waals surface area contributed by atoms with Crippen molar-refractivity contribution in [2.45, 2.75) is 6.92 Å². The van der Waals surface area contributed by atoms with E-state index in [0.29, 0.717) is 24.7 Å². The van der Waals surface area contributed by atoms with Crippen molar-refractivity contribution in [3.8, 4) is 0 Å². The fourth-order valence-electron chi connectivity index (χ4n) is 1.05. The van der Waals surface area contributed by atoms with Crippen molar-refractivity contribution < 1.29 is 4.79 Å². The predicted octanol–water partition coefficient (Wildman–Crippen LogP) is 1.11. The number of nitrogens with one attached hydrogen (secondary N) is 1. The maximum Gasteiger partial charge on any atom is 0.271 e. The molecule has 1 heterocycles. The molecule has 0 fully saturated rings. The molecule has 1 aromatic heterocycles. The van der Waals surface area contributed by atoms with Crippen molar-refractivity contribution in [3.05, 3.63) is 18.0 Å². The Morgan fingerprint density at radius 1 is 1.77 bits per heavy atom. The highest BCUT2D eigenvalue weighted by molar-refractivity contribution is 6.18. The van der Waals surface area contributed by atoms with Gasteiger partial charge in [0.2, 0.25) is 0 Å². The SMILES string of the molecule is CCN(CCCl)C(=O)c1ccn[nH]1. The number of carbonyl (C=O) groups is 1. The molecule has 1 rings (SSSR count). The van der Waals surface area contributed by atoms with Crippen LogP contribution in [0.15, 0.2) is 12.3 Å². The number of hydrogen-bond acceptors (Lipinski definition) is 2. The number of nitrogens with zero attached hydrogens (tertiary/aromatic N) is 2. The van der Waals surface area contributed by atoms with E-state index in [4.69, 9.17) is 11.6 Å². The van der Waals surface area contributed by atoms with Crippen LogP contribution < -0.4 is 0 Å². The Kier molecular flexibility index (Phi) is 3.76. The zero-order chi connectivity index (χ0) is 9.68. The molecule has 0 radical (unpaired) electrons. The Morgan fingerprint density at radius 2 is 2.54 bits per heavy atom. The van der Waals surface area contributed by atoms with Crippen molar-refractivity contribution >= 4 is 17.5 Å². The highest BCUT2D eigenvalue weighted by Gasteiger charge is 2.13. The second kappa shape index (κ2) is 4.87.